The van der Waals surface area contributed by atoms with Crippen LogP contribution >= 0.6 is 11.8 Å². The van der Waals surface area contributed by atoms with Gasteiger partial charge in [-0.15, -0.1) is 0 Å². The van der Waals surface area contributed by atoms with Crippen molar-refractivity contribution in [1.82, 2.24) is 4.98 Å². The number of thioether (sulfide) groups is 1. The van der Waals surface area contributed by atoms with Gasteiger partial charge < -0.3 is 0 Å². The Morgan fingerprint density at radius 3 is 3.00 bits per heavy atom. The lowest BCUT2D eigenvalue weighted by atomic mass is 10.5. The van der Waals surface area contributed by atoms with Crippen molar-refractivity contribution in [2.45, 2.75) is 5.03 Å². The van der Waals surface area contributed by atoms with Gasteiger partial charge in [-0.25, -0.2) is 4.98 Å². The van der Waals surface area contributed by atoms with Crippen molar-refractivity contribution in [2.75, 3.05) is 0 Å². The molecule has 0 unspecified atom stereocenters. The molecule has 45 valence electrons. The summed E-state index contributed by atoms with van der Waals surface area (Å²) in [5.74, 6) is 0. The van der Waals surface area contributed by atoms with Gasteiger partial charge in [0.2, 0.25) is 0 Å². The zero-order valence-corrected chi connectivity index (χ0v) is 5.69. The van der Waals surface area contributed by atoms with Crippen molar-refractivity contribution in [2.24, 2.45) is 0 Å². The topological polar surface area (TPSA) is 12.9 Å². The molecule has 1 aromatic heterocycles. The predicted octanol–water partition coefficient (Wildman–Crippen LogP) is 2.12. The molecular formula is C7H6NS. The summed E-state index contributed by atoms with van der Waals surface area (Å²) >= 11 is 1.40. The largest absolute Gasteiger partial charge is 0.250 e. The van der Waals surface area contributed by atoms with Crippen molar-refractivity contribution in [3.8, 4) is 0 Å². The van der Waals surface area contributed by atoms with Gasteiger partial charge in [-0.3, -0.25) is 0 Å². The van der Waals surface area contributed by atoms with Crippen LogP contribution in [0.15, 0.2) is 36.0 Å². The fraction of sp³-hybridized carbons (Fsp3) is 0. The first kappa shape index (κ1) is 6.36. The highest BCUT2D eigenvalue weighted by molar-refractivity contribution is 8.00. The SMILES string of the molecule is C=[C]Sc1ccccn1. The lowest BCUT2D eigenvalue weighted by Gasteiger charge is -1.88. The van der Waals surface area contributed by atoms with Gasteiger partial charge in [-0.1, -0.05) is 24.4 Å². The molecule has 2 heteroatoms. The van der Waals surface area contributed by atoms with Gasteiger partial charge >= 0.3 is 0 Å². The highest BCUT2D eigenvalue weighted by Gasteiger charge is 1.85. The third-order valence-electron chi connectivity index (χ3n) is 0.814. The molecule has 0 fully saturated rings. The van der Waals surface area contributed by atoms with Crippen molar-refractivity contribution in [3.05, 3.63) is 36.4 Å². The minimum Gasteiger partial charge on any atom is -0.250 e. The first-order valence-corrected chi connectivity index (χ1v) is 3.35. The van der Waals surface area contributed by atoms with Crippen LogP contribution in [0, 0.1) is 5.41 Å². The average Bonchev–Trinajstić information content (AvgIpc) is 1.91. The van der Waals surface area contributed by atoms with Gasteiger partial charge in [0.05, 0.1) is 0 Å². The number of hydrogen-bond donors (Lipinski definition) is 0. The molecule has 0 N–H and O–H groups in total. The lowest BCUT2D eigenvalue weighted by Crippen LogP contribution is -1.71. The summed E-state index contributed by atoms with van der Waals surface area (Å²) < 4.78 is 0. The van der Waals surface area contributed by atoms with Gasteiger partial charge in [-0.05, 0) is 12.1 Å². The van der Waals surface area contributed by atoms with Crippen LogP contribution in [0.2, 0.25) is 0 Å². The van der Waals surface area contributed by atoms with Crippen molar-refractivity contribution >= 4 is 11.8 Å². The van der Waals surface area contributed by atoms with Gasteiger partial charge in [-0.2, -0.15) is 0 Å². The van der Waals surface area contributed by atoms with Crippen LogP contribution in [0.25, 0.3) is 0 Å². The summed E-state index contributed by atoms with van der Waals surface area (Å²) in [6.07, 6.45) is 1.75. The van der Waals surface area contributed by atoms with E-state index in [0.29, 0.717) is 0 Å². The van der Waals surface area contributed by atoms with E-state index in [2.05, 4.69) is 17.0 Å². The summed E-state index contributed by atoms with van der Waals surface area (Å²) in [4.78, 5) is 4.03. The van der Waals surface area contributed by atoms with Crippen LogP contribution in [0.1, 0.15) is 0 Å². The molecule has 0 spiro atoms. The zero-order valence-electron chi connectivity index (χ0n) is 4.87. The van der Waals surface area contributed by atoms with Gasteiger partial charge in [0.15, 0.2) is 0 Å². The van der Waals surface area contributed by atoms with E-state index in [-0.39, 0.29) is 0 Å². The smallest absolute Gasteiger partial charge is 0.101 e. The van der Waals surface area contributed by atoms with Crippen LogP contribution in [0.4, 0.5) is 0 Å². The van der Waals surface area contributed by atoms with E-state index < -0.39 is 0 Å². The Kier molecular flexibility index (Phi) is 2.33. The van der Waals surface area contributed by atoms with E-state index in [1.165, 1.54) is 11.8 Å². The second kappa shape index (κ2) is 3.30. The molecule has 0 aromatic carbocycles. The number of aromatic nitrogens is 1. The minimum atomic E-state index is 0.938. The Morgan fingerprint density at radius 2 is 2.44 bits per heavy atom. The first-order chi connectivity index (χ1) is 4.43. The molecular weight excluding hydrogens is 130 g/mol. The van der Waals surface area contributed by atoms with Crippen molar-refractivity contribution in [1.29, 1.82) is 0 Å². The Morgan fingerprint density at radius 1 is 1.56 bits per heavy atom. The molecule has 1 rings (SSSR count). The van der Waals surface area contributed by atoms with Crippen molar-refractivity contribution < 1.29 is 0 Å². The fourth-order valence-corrected chi connectivity index (χ4v) is 0.889. The monoisotopic (exact) mass is 136 g/mol. The van der Waals surface area contributed by atoms with E-state index in [1.807, 2.05) is 18.2 Å². The molecule has 0 bridgehead atoms. The lowest BCUT2D eigenvalue weighted by molar-refractivity contribution is 1.14. The molecule has 0 amide bonds. The Balaban J connectivity index is 2.72. The van der Waals surface area contributed by atoms with E-state index in [4.69, 9.17) is 0 Å². The number of hydrogen-bond acceptors (Lipinski definition) is 2. The normalized spacial score (nSPS) is 8.89. The maximum Gasteiger partial charge on any atom is 0.101 e. The summed E-state index contributed by atoms with van der Waals surface area (Å²) in [6.45, 7) is 3.45. The quantitative estimate of drug-likeness (QED) is 0.577. The van der Waals surface area contributed by atoms with Crippen LogP contribution in [0.5, 0.6) is 0 Å². The molecule has 0 aliphatic heterocycles. The Hall–Kier alpha value is -0.760. The molecule has 1 nitrogen and oxygen atoms in total. The van der Waals surface area contributed by atoms with Gasteiger partial charge in [0.25, 0.3) is 0 Å². The first-order valence-electron chi connectivity index (χ1n) is 2.53. The maximum atomic E-state index is 4.03. The molecule has 0 aliphatic rings. The van der Waals surface area contributed by atoms with Crippen molar-refractivity contribution in [3.63, 3.8) is 0 Å². The highest BCUT2D eigenvalue weighted by atomic mass is 32.2. The molecule has 1 heterocycles. The number of rotatable bonds is 2. The summed E-state index contributed by atoms with van der Waals surface area (Å²) in [5.41, 5.74) is 0. The second-order valence-electron chi connectivity index (χ2n) is 1.41. The van der Waals surface area contributed by atoms with Gasteiger partial charge in [0, 0.05) is 11.6 Å². The zero-order chi connectivity index (χ0) is 6.53. The van der Waals surface area contributed by atoms with E-state index in [0.717, 1.165) is 5.03 Å². The Bertz CT molecular complexity index is 183. The average molecular weight is 136 g/mol. The maximum absolute atomic E-state index is 4.03. The second-order valence-corrected chi connectivity index (χ2v) is 2.33. The van der Waals surface area contributed by atoms with E-state index in [1.54, 1.807) is 6.20 Å². The van der Waals surface area contributed by atoms with Gasteiger partial charge in [0.1, 0.15) is 5.03 Å². The summed E-state index contributed by atoms with van der Waals surface area (Å²) in [5, 5.41) is 3.63. The molecule has 0 saturated carbocycles. The van der Waals surface area contributed by atoms with Crippen LogP contribution < -0.4 is 0 Å². The molecule has 9 heavy (non-hydrogen) atoms. The highest BCUT2D eigenvalue weighted by Crippen LogP contribution is 2.12. The Labute approximate surface area is 58.8 Å². The molecule has 0 atom stereocenters. The summed E-state index contributed by atoms with van der Waals surface area (Å²) in [6, 6.07) is 5.74. The minimum absolute atomic E-state index is 0.938. The number of pyridine rings is 1. The van der Waals surface area contributed by atoms with Crippen LogP contribution in [0.3, 0.4) is 0 Å². The summed E-state index contributed by atoms with van der Waals surface area (Å²) in [7, 11) is 0. The fourth-order valence-electron chi connectivity index (χ4n) is 0.481. The molecule has 0 saturated heterocycles. The third kappa shape index (κ3) is 1.90. The molecule has 1 aromatic rings. The number of nitrogens with zero attached hydrogens (tertiary/aromatic N) is 1. The third-order valence-corrected chi connectivity index (χ3v) is 1.41. The molecule has 1 radical (unpaired) electrons. The standard InChI is InChI=1S/C7H6NS/c1-2-9-7-5-3-4-6-8-7/h3-6H,1H2. The van der Waals surface area contributed by atoms with E-state index >= 15 is 0 Å². The van der Waals surface area contributed by atoms with Crippen LogP contribution in [-0.2, 0) is 0 Å². The van der Waals surface area contributed by atoms with Crippen LogP contribution in [-0.4, -0.2) is 4.98 Å². The molecule has 0 aliphatic carbocycles. The van der Waals surface area contributed by atoms with E-state index in [9.17, 15) is 0 Å². The predicted molar refractivity (Wildman–Crippen MR) is 39.0 cm³/mol.